The van der Waals surface area contributed by atoms with Crippen molar-refractivity contribution < 1.29 is 0 Å². The predicted molar refractivity (Wildman–Crippen MR) is 57.3 cm³/mol. The summed E-state index contributed by atoms with van der Waals surface area (Å²) in [4.78, 5) is 4.29. The SMILES string of the molecule is Clc1cccc2nc(I)sc12. The molecule has 0 fully saturated rings. The summed E-state index contributed by atoms with van der Waals surface area (Å²) < 4.78 is 2.12. The third-order valence-electron chi connectivity index (χ3n) is 1.34. The second-order valence-corrected chi connectivity index (χ2v) is 5.21. The lowest BCUT2D eigenvalue weighted by Crippen LogP contribution is -1.67. The van der Waals surface area contributed by atoms with Crippen molar-refractivity contribution in [2.24, 2.45) is 0 Å². The normalized spacial score (nSPS) is 10.7. The van der Waals surface area contributed by atoms with Gasteiger partial charge >= 0.3 is 0 Å². The summed E-state index contributed by atoms with van der Waals surface area (Å²) in [5, 5.41) is 0.794. The second kappa shape index (κ2) is 2.88. The minimum absolute atomic E-state index is 0.794. The van der Waals surface area contributed by atoms with Gasteiger partial charge in [0.15, 0.2) is 3.01 Å². The molecular weight excluding hydrogens is 293 g/mol. The van der Waals surface area contributed by atoms with Gasteiger partial charge in [0.05, 0.1) is 15.2 Å². The number of rotatable bonds is 0. The van der Waals surface area contributed by atoms with E-state index < -0.39 is 0 Å². The highest BCUT2D eigenvalue weighted by atomic mass is 127. The molecule has 0 aliphatic rings. The number of halogens is 2. The van der Waals surface area contributed by atoms with Gasteiger partial charge in [-0.25, -0.2) is 4.98 Å². The van der Waals surface area contributed by atoms with Crippen LogP contribution in [0.25, 0.3) is 10.2 Å². The molecule has 0 saturated heterocycles. The van der Waals surface area contributed by atoms with E-state index in [-0.39, 0.29) is 0 Å². The van der Waals surface area contributed by atoms with E-state index in [4.69, 9.17) is 11.6 Å². The Hall–Kier alpha value is 0.130. The summed E-state index contributed by atoms with van der Waals surface area (Å²) in [6.07, 6.45) is 0. The van der Waals surface area contributed by atoms with E-state index >= 15 is 0 Å². The van der Waals surface area contributed by atoms with E-state index in [2.05, 4.69) is 27.6 Å². The second-order valence-electron chi connectivity index (χ2n) is 2.05. The van der Waals surface area contributed by atoms with E-state index in [1.54, 1.807) is 11.3 Å². The van der Waals surface area contributed by atoms with Crippen LogP contribution in [0.4, 0.5) is 0 Å². The van der Waals surface area contributed by atoms with Crippen molar-refractivity contribution in [3.63, 3.8) is 0 Å². The number of thiazole rings is 1. The average Bonchev–Trinajstić information content (AvgIpc) is 2.31. The van der Waals surface area contributed by atoms with Crippen molar-refractivity contribution >= 4 is 55.7 Å². The lowest BCUT2D eigenvalue weighted by Gasteiger charge is -1.87. The van der Waals surface area contributed by atoms with Crippen LogP contribution < -0.4 is 0 Å². The van der Waals surface area contributed by atoms with Crippen LogP contribution >= 0.6 is 45.5 Å². The van der Waals surface area contributed by atoms with E-state index in [1.807, 2.05) is 18.2 Å². The van der Waals surface area contributed by atoms with Crippen molar-refractivity contribution in [2.45, 2.75) is 0 Å². The Bertz CT molecular complexity index is 398. The summed E-state index contributed by atoms with van der Waals surface area (Å²) in [6.45, 7) is 0. The molecule has 0 aliphatic heterocycles. The van der Waals surface area contributed by atoms with Crippen molar-refractivity contribution in [1.82, 2.24) is 4.98 Å². The first kappa shape index (κ1) is 7.76. The molecule has 0 aliphatic carbocycles. The van der Waals surface area contributed by atoms with Crippen LogP contribution in [0.2, 0.25) is 5.02 Å². The molecule has 0 spiro atoms. The average molecular weight is 296 g/mol. The van der Waals surface area contributed by atoms with Gasteiger partial charge in [-0.2, -0.15) is 0 Å². The van der Waals surface area contributed by atoms with Crippen molar-refractivity contribution in [3.8, 4) is 0 Å². The van der Waals surface area contributed by atoms with Crippen LogP contribution in [0, 0.1) is 3.01 Å². The molecular formula is C7H3ClINS. The minimum Gasteiger partial charge on any atom is -0.230 e. The Balaban J connectivity index is 2.90. The number of fused-ring (bicyclic) bond motifs is 1. The fourth-order valence-electron chi connectivity index (χ4n) is 0.888. The standard InChI is InChI=1S/C7H3ClINS/c8-4-2-1-3-5-6(4)11-7(9)10-5/h1-3H. The van der Waals surface area contributed by atoms with Crippen LogP contribution in [-0.2, 0) is 0 Å². The van der Waals surface area contributed by atoms with Crippen molar-refractivity contribution in [2.75, 3.05) is 0 Å². The van der Waals surface area contributed by atoms with Crippen LogP contribution in [-0.4, -0.2) is 4.98 Å². The molecule has 1 heterocycles. The maximum Gasteiger partial charge on any atom is 0.155 e. The highest BCUT2D eigenvalue weighted by Gasteiger charge is 2.02. The molecule has 0 radical (unpaired) electrons. The van der Waals surface area contributed by atoms with E-state index in [0.29, 0.717) is 0 Å². The highest BCUT2D eigenvalue weighted by molar-refractivity contribution is 14.1. The largest absolute Gasteiger partial charge is 0.230 e. The number of hydrogen-bond acceptors (Lipinski definition) is 2. The molecule has 1 nitrogen and oxygen atoms in total. The molecule has 0 unspecified atom stereocenters. The van der Waals surface area contributed by atoms with Gasteiger partial charge in [-0.3, -0.25) is 0 Å². The third kappa shape index (κ3) is 1.37. The first-order valence-electron chi connectivity index (χ1n) is 2.98. The Morgan fingerprint density at radius 2 is 2.27 bits per heavy atom. The molecule has 1 aromatic carbocycles. The minimum atomic E-state index is 0.794. The van der Waals surface area contributed by atoms with Gasteiger partial charge in [0.25, 0.3) is 0 Å². The fourth-order valence-corrected chi connectivity index (χ4v) is 2.79. The maximum atomic E-state index is 5.94. The molecule has 1 aromatic heterocycles. The Kier molecular flexibility index (Phi) is 2.03. The summed E-state index contributed by atoms with van der Waals surface area (Å²) >= 11 is 9.76. The predicted octanol–water partition coefficient (Wildman–Crippen LogP) is 3.55. The number of aromatic nitrogens is 1. The van der Waals surface area contributed by atoms with E-state index in [1.165, 1.54) is 0 Å². The van der Waals surface area contributed by atoms with Crippen LogP contribution in [0.3, 0.4) is 0 Å². The van der Waals surface area contributed by atoms with Crippen molar-refractivity contribution in [3.05, 3.63) is 26.2 Å². The number of hydrogen-bond donors (Lipinski definition) is 0. The molecule has 0 saturated carbocycles. The fraction of sp³-hybridized carbons (Fsp3) is 0. The van der Waals surface area contributed by atoms with Gasteiger partial charge in [-0.05, 0) is 34.7 Å². The zero-order valence-corrected chi connectivity index (χ0v) is 9.07. The maximum absolute atomic E-state index is 5.94. The Morgan fingerprint density at radius 1 is 1.45 bits per heavy atom. The third-order valence-corrected chi connectivity index (χ3v) is 3.56. The summed E-state index contributed by atoms with van der Waals surface area (Å²) in [6, 6.07) is 5.78. The number of benzene rings is 1. The molecule has 0 atom stereocenters. The quantitative estimate of drug-likeness (QED) is 0.677. The van der Waals surface area contributed by atoms with Crippen LogP contribution in [0.5, 0.6) is 0 Å². The van der Waals surface area contributed by atoms with Gasteiger partial charge in [-0.1, -0.05) is 17.7 Å². The topological polar surface area (TPSA) is 12.9 Å². The first-order chi connectivity index (χ1) is 5.27. The van der Waals surface area contributed by atoms with Gasteiger partial charge in [-0.15, -0.1) is 11.3 Å². The van der Waals surface area contributed by atoms with Gasteiger partial charge in [0, 0.05) is 0 Å². The van der Waals surface area contributed by atoms with E-state index in [9.17, 15) is 0 Å². The molecule has 4 heteroatoms. The van der Waals surface area contributed by atoms with Gasteiger partial charge in [0.1, 0.15) is 0 Å². The highest BCUT2D eigenvalue weighted by Crippen LogP contribution is 2.29. The Labute approximate surface area is 86.5 Å². The number of nitrogens with zero attached hydrogens (tertiary/aromatic N) is 1. The zero-order valence-electron chi connectivity index (χ0n) is 5.34. The molecule has 0 N–H and O–H groups in total. The smallest absolute Gasteiger partial charge is 0.155 e. The van der Waals surface area contributed by atoms with E-state index in [0.717, 1.165) is 18.3 Å². The first-order valence-corrected chi connectivity index (χ1v) is 5.25. The van der Waals surface area contributed by atoms with Crippen LogP contribution in [0.1, 0.15) is 0 Å². The molecule has 0 bridgehead atoms. The Morgan fingerprint density at radius 3 is 3.00 bits per heavy atom. The van der Waals surface area contributed by atoms with Gasteiger partial charge < -0.3 is 0 Å². The summed E-state index contributed by atoms with van der Waals surface area (Å²) in [7, 11) is 0. The molecule has 2 rings (SSSR count). The van der Waals surface area contributed by atoms with Crippen molar-refractivity contribution in [1.29, 1.82) is 0 Å². The summed E-state index contributed by atoms with van der Waals surface area (Å²) in [5.74, 6) is 0. The van der Waals surface area contributed by atoms with Gasteiger partial charge in [0.2, 0.25) is 0 Å². The molecule has 56 valence electrons. The zero-order chi connectivity index (χ0) is 7.84. The van der Waals surface area contributed by atoms with Crippen LogP contribution in [0.15, 0.2) is 18.2 Å². The lowest BCUT2D eigenvalue weighted by atomic mass is 10.3. The lowest BCUT2D eigenvalue weighted by molar-refractivity contribution is 1.45. The molecule has 2 aromatic rings. The molecule has 0 amide bonds. The molecule has 11 heavy (non-hydrogen) atoms. The summed E-state index contributed by atoms with van der Waals surface area (Å²) in [5.41, 5.74) is 0.993. The monoisotopic (exact) mass is 295 g/mol.